The summed E-state index contributed by atoms with van der Waals surface area (Å²) in [7, 11) is 2.05. The summed E-state index contributed by atoms with van der Waals surface area (Å²) in [6.07, 6.45) is 1.30. The van der Waals surface area contributed by atoms with Crippen molar-refractivity contribution in [3.8, 4) is 0 Å². The summed E-state index contributed by atoms with van der Waals surface area (Å²) in [6.45, 7) is 9.05. The predicted octanol–water partition coefficient (Wildman–Crippen LogP) is 2.74. The maximum Gasteiger partial charge on any atom is 0.0371 e. The standard InChI is InChI=1S/C15H24N2/c1-11-5-6-15(9-12(11)2)17-8-7-14(10-16-4)13(17)3/h5-6,9,13-14,16H,7-8,10H2,1-4H3. The van der Waals surface area contributed by atoms with Gasteiger partial charge < -0.3 is 10.2 Å². The second kappa shape index (κ2) is 5.09. The Hall–Kier alpha value is -1.02. The molecule has 2 atom stereocenters. The molecule has 2 heteroatoms. The van der Waals surface area contributed by atoms with Gasteiger partial charge in [-0.1, -0.05) is 6.07 Å². The van der Waals surface area contributed by atoms with Crippen LogP contribution in [0.1, 0.15) is 24.5 Å². The van der Waals surface area contributed by atoms with E-state index in [1.165, 1.54) is 29.8 Å². The fourth-order valence-electron chi connectivity index (χ4n) is 2.81. The van der Waals surface area contributed by atoms with E-state index in [9.17, 15) is 0 Å². The summed E-state index contributed by atoms with van der Waals surface area (Å²) < 4.78 is 0. The Morgan fingerprint density at radius 1 is 1.29 bits per heavy atom. The van der Waals surface area contributed by atoms with Crippen molar-refractivity contribution in [2.45, 2.75) is 33.2 Å². The number of rotatable bonds is 3. The van der Waals surface area contributed by atoms with Crippen molar-refractivity contribution in [1.29, 1.82) is 0 Å². The molecule has 0 spiro atoms. The molecule has 1 N–H and O–H groups in total. The van der Waals surface area contributed by atoms with Crippen LogP contribution in [-0.4, -0.2) is 26.2 Å². The summed E-state index contributed by atoms with van der Waals surface area (Å²) in [6, 6.07) is 7.47. The third-order valence-electron chi connectivity index (χ3n) is 4.20. The molecule has 1 fully saturated rings. The number of aryl methyl sites for hydroxylation is 2. The van der Waals surface area contributed by atoms with E-state index in [1.54, 1.807) is 0 Å². The molecule has 0 bridgehead atoms. The summed E-state index contributed by atoms with van der Waals surface area (Å²) >= 11 is 0. The van der Waals surface area contributed by atoms with E-state index in [2.05, 4.69) is 49.2 Å². The Kier molecular flexibility index (Phi) is 3.72. The summed E-state index contributed by atoms with van der Waals surface area (Å²) in [4.78, 5) is 2.55. The normalized spacial score (nSPS) is 24.4. The van der Waals surface area contributed by atoms with Gasteiger partial charge in [-0.15, -0.1) is 0 Å². The highest BCUT2D eigenvalue weighted by Gasteiger charge is 2.30. The van der Waals surface area contributed by atoms with Crippen LogP contribution in [0.4, 0.5) is 5.69 Å². The van der Waals surface area contributed by atoms with Gasteiger partial charge >= 0.3 is 0 Å². The molecule has 1 aromatic rings. The van der Waals surface area contributed by atoms with Gasteiger partial charge in [0.25, 0.3) is 0 Å². The Morgan fingerprint density at radius 3 is 2.71 bits per heavy atom. The molecule has 2 unspecified atom stereocenters. The predicted molar refractivity (Wildman–Crippen MR) is 74.8 cm³/mol. The van der Waals surface area contributed by atoms with E-state index < -0.39 is 0 Å². The lowest BCUT2D eigenvalue weighted by Crippen LogP contribution is -2.33. The first-order valence-electron chi connectivity index (χ1n) is 6.62. The minimum atomic E-state index is 0.643. The fourth-order valence-corrected chi connectivity index (χ4v) is 2.81. The van der Waals surface area contributed by atoms with Crippen LogP contribution in [-0.2, 0) is 0 Å². The highest BCUT2D eigenvalue weighted by atomic mass is 15.2. The van der Waals surface area contributed by atoms with Crippen LogP contribution in [0, 0.1) is 19.8 Å². The summed E-state index contributed by atoms with van der Waals surface area (Å²) in [5, 5.41) is 3.31. The van der Waals surface area contributed by atoms with Crippen LogP contribution in [0.3, 0.4) is 0 Å². The smallest absolute Gasteiger partial charge is 0.0371 e. The van der Waals surface area contributed by atoms with Crippen molar-refractivity contribution in [2.75, 3.05) is 25.0 Å². The molecule has 1 heterocycles. The number of anilines is 1. The Bertz CT molecular complexity index is 387. The molecule has 0 saturated carbocycles. The molecule has 1 aromatic carbocycles. The zero-order valence-electron chi connectivity index (χ0n) is 11.5. The second-order valence-electron chi connectivity index (χ2n) is 5.31. The van der Waals surface area contributed by atoms with Crippen LogP contribution in [0.15, 0.2) is 18.2 Å². The molecule has 0 radical (unpaired) electrons. The number of benzene rings is 1. The zero-order valence-corrected chi connectivity index (χ0v) is 11.5. The average molecular weight is 232 g/mol. The van der Waals surface area contributed by atoms with E-state index in [0.717, 1.165) is 12.5 Å². The zero-order chi connectivity index (χ0) is 12.4. The van der Waals surface area contributed by atoms with Crippen molar-refractivity contribution < 1.29 is 0 Å². The lowest BCUT2D eigenvalue weighted by atomic mass is 10.0. The van der Waals surface area contributed by atoms with Crippen molar-refractivity contribution in [1.82, 2.24) is 5.32 Å². The van der Waals surface area contributed by atoms with Gasteiger partial charge in [0, 0.05) is 18.3 Å². The average Bonchev–Trinajstić information content (AvgIpc) is 2.66. The van der Waals surface area contributed by atoms with Crippen molar-refractivity contribution in [3.05, 3.63) is 29.3 Å². The van der Waals surface area contributed by atoms with Crippen LogP contribution >= 0.6 is 0 Å². The topological polar surface area (TPSA) is 15.3 Å². The molecule has 1 saturated heterocycles. The molecule has 2 rings (SSSR count). The molecule has 0 amide bonds. The van der Waals surface area contributed by atoms with E-state index in [0.29, 0.717) is 6.04 Å². The number of nitrogens with zero attached hydrogens (tertiary/aromatic N) is 1. The number of nitrogens with one attached hydrogen (secondary N) is 1. The van der Waals surface area contributed by atoms with Gasteiger partial charge in [0.2, 0.25) is 0 Å². The van der Waals surface area contributed by atoms with Gasteiger partial charge in [0.05, 0.1) is 0 Å². The van der Waals surface area contributed by atoms with Gasteiger partial charge in [-0.25, -0.2) is 0 Å². The molecule has 0 aliphatic carbocycles. The van der Waals surface area contributed by atoms with E-state index in [1.807, 2.05) is 7.05 Å². The highest BCUT2D eigenvalue weighted by molar-refractivity contribution is 5.52. The Balaban J connectivity index is 2.15. The minimum Gasteiger partial charge on any atom is -0.368 e. The van der Waals surface area contributed by atoms with Gasteiger partial charge in [-0.05, 0) is 70.0 Å². The first kappa shape index (κ1) is 12.4. The van der Waals surface area contributed by atoms with Crippen molar-refractivity contribution in [3.63, 3.8) is 0 Å². The van der Waals surface area contributed by atoms with Gasteiger partial charge in [0.15, 0.2) is 0 Å². The summed E-state index contributed by atoms with van der Waals surface area (Å²) in [5.41, 5.74) is 4.17. The fraction of sp³-hybridized carbons (Fsp3) is 0.600. The maximum atomic E-state index is 3.31. The molecule has 0 aromatic heterocycles. The van der Waals surface area contributed by atoms with Crippen LogP contribution < -0.4 is 10.2 Å². The van der Waals surface area contributed by atoms with Crippen LogP contribution in [0.5, 0.6) is 0 Å². The maximum absolute atomic E-state index is 3.31. The highest BCUT2D eigenvalue weighted by Crippen LogP contribution is 2.30. The Labute approximate surface area is 105 Å². The molecular weight excluding hydrogens is 208 g/mol. The van der Waals surface area contributed by atoms with E-state index in [4.69, 9.17) is 0 Å². The monoisotopic (exact) mass is 232 g/mol. The molecule has 17 heavy (non-hydrogen) atoms. The second-order valence-corrected chi connectivity index (χ2v) is 5.31. The summed E-state index contributed by atoms with van der Waals surface area (Å²) in [5.74, 6) is 0.779. The third kappa shape index (κ3) is 2.47. The molecule has 94 valence electrons. The molecule has 1 aliphatic rings. The largest absolute Gasteiger partial charge is 0.368 e. The Morgan fingerprint density at radius 2 is 2.06 bits per heavy atom. The number of hydrogen-bond acceptors (Lipinski definition) is 2. The van der Waals surface area contributed by atoms with Crippen LogP contribution in [0.25, 0.3) is 0 Å². The van der Waals surface area contributed by atoms with E-state index >= 15 is 0 Å². The minimum absolute atomic E-state index is 0.643. The third-order valence-corrected chi connectivity index (χ3v) is 4.20. The molecule has 2 nitrogen and oxygen atoms in total. The first-order chi connectivity index (χ1) is 8.13. The lowest BCUT2D eigenvalue weighted by molar-refractivity contribution is 0.473. The number of hydrogen-bond donors (Lipinski definition) is 1. The first-order valence-corrected chi connectivity index (χ1v) is 6.62. The SMILES string of the molecule is CNCC1CCN(c2ccc(C)c(C)c2)C1C. The quantitative estimate of drug-likeness (QED) is 0.862. The molecular formula is C15H24N2. The molecule has 1 aliphatic heterocycles. The van der Waals surface area contributed by atoms with Crippen molar-refractivity contribution >= 4 is 5.69 Å². The van der Waals surface area contributed by atoms with Crippen molar-refractivity contribution in [2.24, 2.45) is 5.92 Å². The van der Waals surface area contributed by atoms with E-state index in [-0.39, 0.29) is 0 Å². The lowest BCUT2D eigenvalue weighted by Gasteiger charge is -2.27. The van der Waals surface area contributed by atoms with Gasteiger partial charge in [-0.2, -0.15) is 0 Å². The van der Waals surface area contributed by atoms with Gasteiger partial charge in [0.1, 0.15) is 0 Å². The van der Waals surface area contributed by atoms with Gasteiger partial charge in [-0.3, -0.25) is 0 Å². The van der Waals surface area contributed by atoms with Crippen LogP contribution in [0.2, 0.25) is 0 Å².